The largest absolute Gasteiger partial charge is 0.399 e. The number of carbonyl (C=O) groups excluding carboxylic acids is 1. The predicted octanol–water partition coefficient (Wildman–Crippen LogP) is 2.74. The van der Waals surface area contributed by atoms with Crippen LogP contribution in [-0.4, -0.2) is 37.0 Å². The van der Waals surface area contributed by atoms with E-state index in [-0.39, 0.29) is 11.9 Å². The molecule has 21 heavy (non-hydrogen) atoms. The Labute approximate surface area is 131 Å². The molecule has 1 aromatic carbocycles. The highest BCUT2D eigenvalue weighted by molar-refractivity contribution is 7.99. The van der Waals surface area contributed by atoms with E-state index in [1.807, 2.05) is 42.9 Å². The van der Waals surface area contributed by atoms with Gasteiger partial charge < -0.3 is 16.0 Å². The van der Waals surface area contributed by atoms with Gasteiger partial charge in [-0.3, -0.25) is 4.79 Å². The average Bonchev–Trinajstić information content (AvgIpc) is 2.86. The second-order valence-electron chi connectivity index (χ2n) is 5.68. The van der Waals surface area contributed by atoms with Crippen molar-refractivity contribution in [2.45, 2.75) is 37.5 Å². The van der Waals surface area contributed by atoms with E-state index < -0.39 is 0 Å². The number of nitrogens with one attached hydrogen (secondary N) is 1. The molecule has 0 radical (unpaired) electrons. The smallest absolute Gasteiger partial charge is 0.253 e. The van der Waals surface area contributed by atoms with Gasteiger partial charge in [-0.15, -0.1) is 0 Å². The van der Waals surface area contributed by atoms with Crippen molar-refractivity contribution in [3.8, 4) is 0 Å². The Bertz CT molecular complexity index is 504. The highest BCUT2D eigenvalue weighted by Gasteiger charge is 2.29. The molecule has 1 fully saturated rings. The number of rotatable bonds is 5. The lowest BCUT2D eigenvalue weighted by Gasteiger charge is -2.22. The highest BCUT2D eigenvalue weighted by Crippen LogP contribution is 2.30. The van der Waals surface area contributed by atoms with Crippen LogP contribution >= 0.6 is 11.8 Å². The molecule has 2 unspecified atom stereocenters. The van der Waals surface area contributed by atoms with Gasteiger partial charge in [0, 0.05) is 36.8 Å². The summed E-state index contributed by atoms with van der Waals surface area (Å²) in [6.07, 6.45) is 3.46. The average molecular weight is 307 g/mol. The minimum absolute atomic E-state index is 0.0143. The van der Waals surface area contributed by atoms with Crippen LogP contribution in [0, 0.1) is 0 Å². The summed E-state index contributed by atoms with van der Waals surface area (Å²) in [6.45, 7) is 2.17. The van der Waals surface area contributed by atoms with Gasteiger partial charge in [0.25, 0.3) is 5.91 Å². The Kier molecular flexibility index (Phi) is 5.39. The van der Waals surface area contributed by atoms with Gasteiger partial charge in [-0.1, -0.05) is 13.3 Å². The predicted molar refractivity (Wildman–Crippen MR) is 92.2 cm³/mol. The summed E-state index contributed by atoms with van der Waals surface area (Å²) in [6, 6.07) is 5.77. The maximum atomic E-state index is 12.6. The minimum atomic E-state index is -0.0143. The van der Waals surface area contributed by atoms with Crippen LogP contribution in [0.5, 0.6) is 0 Å². The zero-order chi connectivity index (χ0) is 15.4. The molecule has 2 rings (SSSR count). The molecule has 1 saturated carbocycles. The molecule has 1 amide bonds. The van der Waals surface area contributed by atoms with Crippen LogP contribution in [0.4, 0.5) is 11.4 Å². The number of nitrogens with zero attached hydrogens (tertiary/aromatic N) is 1. The van der Waals surface area contributed by atoms with Crippen molar-refractivity contribution in [1.29, 1.82) is 0 Å². The Morgan fingerprint density at radius 3 is 2.86 bits per heavy atom. The zero-order valence-electron chi connectivity index (χ0n) is 13.1. The van der Waals surface area contributed by atoms with Crippen molar-refractivity contribution < 1.29 is 4.79 Å². The molecule has 0 aliphatic heterocycles. The Balaban J connectivity index is 2.15. The van der Waals surface area contributed by atoms with Gasteiger partial charge >= 0.3 is 0 Å². The van der Waals surface area contributed by atoms with Gasteiger partial charge in [0.15, 0.2) is 0 Å². The summed E-state index contributed by atoms with van der Waals surface area (Å²) in [5, 5.41) is 3.75. The third-order valence-corrected chi connectivity index (χ3v) is 5.22. The van der Waals surface area contributed by atoms with E-state index in [1.54, 1.807) is 6.07 Å². The molecular formula is C16H25N3OS. The van der Waals surface area contributed by atoms with Crippen molar-refractivity contribution in [2.24, 2.45) is 0 Å². The number of benzene rings is 1. The summed E-state index contributed by atoms with van der Waals surface area (Å²) in [7, 11) is 3.88. The fourth-order valence-corrected chi connectivity index (χ4v) is 4.07. The van der Waals surface area contributed by atoms with Crippen LogP contribution in [0.3, 0.4) is 0 Å². The van der Waals surface area contributed by atoms with Gasteiger partial charge in [-0.25, -0.2) is 0 Å². The molecule has 0 heterocycles. The summed E-state index contributed by atoms with van der Waals surface area (Å²) >= 11 is 1.95. The Morgan fingerprint density at radius 1 is 1.43 bits per heavy atom. The molecule has 5 heteroatoms. The van der Waals surface area contributed by atoms with Crippen molar-refractivity contribution in [1.82, 2.24) is 5.32 Å². The molecule has 4 nitrogen and oxygen atoms in total. The number of anilines is 2. The molecular weight excluding hydrogens is 282 g/mol. The molecule has 0 spiro atoms. The first-order chi connectivity index (χ1) is 10.0. The lowest BCUT2D eigenvalue weighted by atomic mass is 10.1. The first-order valence-electron chi connectivity index (χ1n) is 7.52. The Morgan fingerprint density at radius 2 is 2.19 bits per heavy atom. The third-order valence-electron chi connectivity index (χ3n) is 3.90. The molecule has 0 aromatic heterocycles. The SMILES string of the molecule is CCSC1CCCC1NC(=O)c1cc(N)ccc1N(C)C. The van der Waals surface area contributed by atoms with Gasteiger partial charge in [0.2, 0.25) is 0 Å². The van der Waals surface area contributed by atoms with E-state index >= 15 is 0 Å². The van der Waals surface area contributed by atoms with Crippen LogP contribution < -0.4 is 16.0 Å². The summed E-state index contributed by atoms with van der Waals surface area (Å²) in [4.78, 5) is 14.6. The van der Waals surface area contributed by atoms with Crippen LogP contribution in [0.2, 0.25) is 0 Å². The topological polar surface area (TPSA) is 58.4 Å². The number of thioether (sulfide) groups is 1. The van der Waals surface area contributed by atoms with E-state index in [0.29, 0.717) is 16.5 Å². The van der Waals surface area contributed by atoms with Crippen molar-refractivity contribution in [2.75, 3.05) is 30.5 Å². The van der Waals surface area contributed by atoms with Gasteiger partial charge in [0.1, 0.15) is 0 Å². The van der Waals surface area contributed by atoms with Crippen molar-refractivity contribution in [3.05, 3.63) is 23.8 Å². The number of amides is 1. The monoisotopic (exact) mass is 307 g/mol. The number of nitrogens with two attached hydrogens (primary N) is 1. The van der Waals surface area contributed by atoms with Crippen LogP contribution in [0.25, 0.3) is 0 Å². The van der Waals surface area contributed by atoms with E-state index in [2.05, 4.69) is 12.2 Å². The fraction of sp³-hybridized carbons (Fsp3) is 0.562. The maximum absolute atomic E-state index is 12.6. The first-order valence-corrected chi connectivity index (χ1v) is 8.57. The van der Waals surface area contributed by atoms with E-state index in [4.69, 9.17) is 5.73 Å². The molecule has 116 valence electrons. The maximum Gasteiger partial charge on any atom is 0.253 e. The molecule has 1 aromatic rings. The standard InChI is InChI=1S/C16H25N3OS/c1-4-21-15-7-5-6-13(15)18-16(20)12-10-11(17)8-9-14(12)19(2)3/h8-10,13,15H,4-7,17H2,1-3H3,(H,18,20). The lowest BCUT2D eigenvalue weighted by molar-refractivity contribution is 0.0939. The highest BCUT2D eigenvalue weighted by atomic mass is 32.2. The Hall–Kier alpha value is -1.36. The zero-order valence-corrected chi connectivity index (χ0v) is 13.9. The molecule has 0 saturated heterocycles. The number of hydrogen-bond donors (Lipinski definition) is 2. The van der Waals surface area contributed by atoms with E-state index in [0.717, 1.165) is 17.9 Å². The van der Waals surface area contributed by atoms with Gasteiger partial charge in [-0.05, 0) is 36.8 Å². The molecule has 3 N–H and O–H groups in total. The quantitative estimate of drug-likeness (QED) is 0.821. The lowest BCUT2D eigenvalue weighted by Crippen LogP contribution is -2.39. The summed E-state index contributed by atoms with van der Waals surface area (Å²) in [5.74, 6) is 1.08. The molecule has 1 aliphatic rings. The van der Waals surface area contributed by atoms with Crippen LogP contribution in [-0.2, 0) is 0 Å². The normalized spacial score (nSPS) is 21.3. The third kappa shape index (κ3) is 3.84. The summed E-state index contributed by atoms with van der Waals surface area (Å²) < 4.78 is 0. The van der Waals surface area contributed by atoms with Crippen molar-refractivity contribution >= 4 is 29.0 Å². The number of carbonyl (C=O) groups is 1. The minimum Gasteiger partial charge on any atom is -0.399 e. The number of hydrogen-bond acceptors (Lipinski definition) is 4. The second kappa shape index (κ2) is 7.07. The van der Waals surface area contributed by atoms with Gasteiger partial charge in [0.05, 0.1) is 5.56 Å². The first kappa shape index (κ1) is 16.0. The van der Waals surface area contributed by atoms with Crippen LogP contribution in [0.1, 0.15) is 36.5 Å². The fourth-order valence-electron chi connectivity index (χ4n) is 2.88. The van der Waals surface area contributed by atoms with Gasteiger partial charge in [-0.2, -0.15) is 11.8 Å². The summed E-state index contributed by atoms with van der Waals surface area (Å²) in [5.41, 5.74) is 8.03. The number of nitrogen functional groups attached to an aromatic ring is 1. The van der Waals surface area contributed by atoms with E-state index in [9.17, 15) is 4.79 Å². The second-order valence-corrected chi connectivity index (χ2v) is 7.19. The van der Waals surface area contributed by atoms with Crippen LogP contribution in [0.15, 0.2) is 18.2 Å². The molecule has 2 atom stereocenters. The van der Waals surface area contributed by atoms with Crippen molar-refractivity contribution in [3.63, 3.8) is 0 Å². The molecule has 1 aliphatic carbocycles. The molecule has 0 bridgehead atoms. The van der Waals surface area contributed by atoms with E-state index in [1.165, 1.54) is 12.8 Å².